The van der Waals surface area contributed by atoms with Gasteiger partial charge in [-0.05, 0) is 23.6 Å². The summed E-state index contributed by atoms with van der Waals surface area (Å²) >= 11 is 0. The number of hydrogen-bond donors (Lipinski definition) is 0. The lowest BCUT2D eigenvalue weighted by molar-refractivity contribution is 0.240. The van der Waals surface area contributed by atoms with Gasteiger partial charge in [-0.2, -0.15) is 0 Å². The minimum atomic E-state index is -3.42. The predicted molar refractivity (Wildman–Crippen MR) is 110 cm³/mol. The number of sulfone groups is 1. The SMILES string of the molecule is CC(C)c1ccc2occ(CN3CCc4nc(S(C)(=O)=O)ncc4C3)c(=O)c2c1. The number of hydrogen-bond acceptors (Lipinski definition) is 7. The Bertz CT molecular complexity index is 1250. The number of fused-ring (bicyclic) bond motifs is 2. The highest BCUT2D eigenvalue weighted by atomic mass is 32.2. The molecule has 0 saturated heterocycles. The molecule has 0 spiro atoms. The third-order valence-electron chi connectivity index (χ3n) is 5.25. The minimum absolute atomic E-state index is 0.0109. The average molecular weight is 413 g/mol. The Morgan fingerprint density at radius 1 is 1.28 bits per heavy atom. The Morgan fingerprint density at radius 2 is 2.07 bits per heavy atom. The summed E-state index contributed by atoms with van der Waals surface area (Å²) in [6, 6.07) is 5.76. The van der Waals surface area contributed by atoms with Gasteiger partial charge in [-0.15, -0.1) is 0 Å². The van der Waals surface area contributed by atoms with Gasteiger partial charge in [0.05, 0.1) is 17.3 Å². The number of nitrogens with zero attached hydrogens (tertiary/aromatic N) is 3. The Labute approximate surface area is 169 Å². The van der Waals surface area contributed by atoms with Crippen molar-refractivity contribution in [2.24, 2.45) is 0 Å². The average Bonchev–Trinajstić information content (AvgIpc) is 2.68. The summed E-state index contributed by atoms with van der Waals surface area (Å²) in [5.74, 6) is 0.331. The van der Waals surface area contributed by atoms with Gasteiger partial charge in [0.2, 0.25) is 15.0 Å². The zero-order chi connectivity index (χ0) is 20.8. The molecule has 0 atom stereocenters. The fourth-order valence-corrected chi connectivity index (χ4v) is 4.09. The van der Waals surface area contributed by atoms with Crippen LogP contribution < -0.4 is 5.43 Å². The van der Waals surface area contributed by atoms with Crippen molar-refractivity contribution in [3.05, 3.63) is 63.3 Å². The predicted octanol–water partition coefficient (Wildman–Crippen LogP) is 2.67. The van der Waals surface area contributed by atoms with E-state index in [1.165, 1.54) is 0 Å². The zero-order valence-electron chi connectivity index (χ0n) is 16.7. The van der Waals surface area contributed by atoms with E-state index in [4.69, 9.17) is 4.42 Å². The van der Waals surface area contributed by atoms with Crippen LogP contribution in [-0.2, 0) is 29.3 Å². The molecule has 0 unspecified atom stereocenters. The summed E-state index contributed by atoms with van der Waals surface area (Å²) in [5, 5.41) is 0.466. The molecule has 0 fully saturated rings. The van der Waals surface area contributed by atoms with E-state index in [0.29, 0.717) is 48.5 Å². The smallest absolute Gasteiger partial charge is 0.246 e. The van der Waals surface area contributed by atoms with Crippen LogP contribution in [0.2, 0.25) is 0 Å². The molecule has 0 aliphatic carbocycles. The van der Waals surface area contributed by atoms with Crippen LogP contribution in [0.4, 0.5) is 0 Å². The van der Waals surface area contributed by atoms with Crippen LogP contribution in [0, 0.1) is 0 Å². The minimum Gasteiger partial charge on any atom is -0.464 e. The van der Waals surface area contributed by atoms with Crippen molar-refractivity contribution in [2.45, 2.75) is 44.4 Å². The molecule has 0 bridgehead atoms. The van der Waals surface area contributed by atoms with Gasteiger partial charge in [0, 0.05) is 49.6 Å². The van der Waals surface area contributed by atoms with E-state index in [9.17, 15) is 13.2 Å². The maximum atomic E-state index is 13.0. The zero-order valence-corrected chi connectivity index (χ0v) is 17.5. The lowest BCUT2D eigenvalue weighted by Crippen LogP contribution is -2.32. The highest BCUT2D eigenvalue weighted by Gasteiger charge is 2.22. The van der Waals surface area contributed by atoms with Crippen molar-refractivity contribution in [2.75, 3.05) is 12.8 Å². The summed E-state index contributed by atoms with van der Waals surface area (Å²) in [7, 11) is -3.42. The maximum absolute atomic E-state index is 13.0. The first-order valence-electron chi connectivity index (χ1n) is 9.54. The van der Waals surface area contributed by atoms with E-state index in [2.05, 4.69) is 28.7 Å². The molecule has 1 aliphatic heterocycles. The molecule has 3 heterocycles. The second-order valence-electron chi connectivity index (χ2n) is 7.86. The number of benzene rings is 1. The molecule has 1 aromatic carbocycles. The van der Waals surface area contributed by atoms with Gasteiger partial charge in [0.1, 0.15) is 5.58 Å². The van der Waals surface area contributed by atoms with Crippen LogP contribution in [0.3, 0.4) is 0 Å². The fraction of sp³-hybridized carbons (Fsp3) is 0.381. The molecule has 0 saturated carbocycles. The topological polar surface area (TPSA) is 93.4 Å². The van der Waals surface area contributed by atoms with Gasteiger partial charge in [0.25, 0.3) is 0 Å². The summed E-state index contributed by atoms with van der Waals surface area (Å²) in [5.41, 5.74) is 3.93. The first-order valence-corrected chi connectivity index (χ1v) is 11.4. The molecular weight excluding hydrogens is 390 g/mol. The molecule has 29 heavy (non-hydrogen) atoms. The van der Waals surface area contributed by atoms with Gasteiger partial charge in [-0.25, -0.2) is 18.4 Å². The first kappa shape index (κ1) is 19.7. The first-order chi connectivity index (χ1) is 13.7. The molecule has 152 valence electrons. The Balaban J connectivity index is 1.60. The number of rotatable bonds is 4. The quantitative estimate of drug-likeness (QED) is 0.607. The molecule has 7 nitrogen and oxygen atoms in total. The third kappa shape index (κ3) is 3.95. The standard InChI is InChI=1S/C21H23N3O4S/c1-13(2)14-4-5-19-17(8-14)20(25)16(12-28-19)11-24-7-6-18-15(10-24)9-22-21(23-18)29(3,26)27/h4-5,8-9,12-13H,6-7,10-11H2,1-3H3. The summed E-state index contributed by atoms with van der Waals surface area (Å²) in [4.78, 5) is 23.3. The van der Waals surface area contributed by atoms with Crippen LogP contribution in [-0.4, -0.2) is 36.1 Å². The van der Waals surface area contributed by atoms with Gasteiger partial charge in [-0.3, -0.25) is 9.69 Å². The Morgan fingerprint density at radius 3 is 2.79 bits per heavy atom. The Kier molecular flexibility index (Phi) is 5.00. The van der Waals surface area contributed by atoms with Crippen LogP contribution in [0.25, 0.3) is 11.0 Å². The van der Waals surface area contributed by atoms with Crippen molar-refractivity contribution < 1.29 is 12.8 Å². The van der Waals surface area contributed by atoms with Crippen LogP contribution in [0.15, 0.2) is 45.0 Å². The van der Waals surface area contributed by atoms with Crippen LogP contribution >= 0.6 is 0 Å². The highest BCUT2D eigenvalue weighted by molar-refractivity contribution is 7.90. The van der Waals surface area contributed by atoms with Crippen LogP contribution in [0.1, 0.15) is 42.1 Å². The van der Waals surface area contributed by atoms with Gasteiger partial charge < -0.3 is 4.42 Å². The largest absolute Gasteiger partial charge is 0.464 e. The fourth-order valence-electron chi connectivity index (χ4n) is 3.57. The van der Waals surface area contributed by atoms with Crippen molar-refractivity contribution in [3.8, 4) is 0 Å². The normalized spacial score (nSPS) is 15.0. The van der Waals surface area contributed by atoms with Gasteiger partial charge in [0.15, 0.2) is 5.43 Å². The molecule has 4 rings (SSSR count). The van der Waals surface area contributed by atoms with E-state index in [1.807, 2.05) is 18.2 Å². The molecule has 0 amide bonds. The molecular formula is C21H23N3O4S. The van der Waals surface area contributed by atoms with Crippen LogP contribution in [0.5, 0.6) is 0 Å². The van der Waals surface area contributed by atoms with Crippen molar-refractivity contribution in [1.29, 1.82) is 0 Å². The Hall–Kier alpha value is -2.58. The summed E-state index contributed by atoms with van der Waals surface area (Å²) in [6.45, 7) is 5.88. The summed E-state index contributed by atoms with van der Waals surface area (Å²) in [6.07, 6.45) is 4.82. The molecule has 2 aromatic heterocycles. The molecule has 0 N–H and O–H groups in total. The lowest BCUT2D eigenvalue weighted by Gasteiger charge is -2.27. The van der Waals surface area contributed by atoms with Gasteiger partial charge in [-0.1, -0.05) is 19.9 Å². The third-order valence-corrected chi connectivity index (χ3v) is 6.11. The molecule has 3 aromatic rings. The van der Waals surface area contributed by atoms with E-state index < -0.39 is 9.84 Å². The summed E-state index contributed by atoms with van der Waals surface area (Å²) < 4.78 is 29.0. The monoisotopic (exact) mass is 413 g/mol. The molecule has 1 aliphatic rings. The van der Waals surface area contributed by atoms with E-state index in [0.717, 1.165) is 23.1 Å². The second-order valence-corrected chi connectivity index (χ2v) is 9.77. The van der Waals surface area contributed by atoms with Crippen molar-refractivity contribution >= 4 is 20.8 Å². The van der Waals surface area contributed by atoms with E-state index >= 15 is 0 Å². The molecule has 0 radical (unpaired) electrons. The maximum Gasteiger partial charge on any atom is 0.246 e. The second kappa shape index (κ2) is 7.35. The number of aromatic nitrogens is 2. The molecule has 8 heteroatoms. The van der Waals surface area contributed by atoms with Crippen molar-refractivity contribution in [1.82, 2.24) is 14.9 Å². The van der Waals surface area contributed by atoms with Crippen molar-refractivity contribution in [3.63, 3.8) is 0 Å². The van der Waals surface area contributed by atoms with E-state index in [-0.39, 0.29) is 10.6 Å². The highest BCUT2D eigenvalue weighted by Crippen LogP contribution is 2.22. The van der Waals surface area contributed by atoms with E-state index in [1.54, 1.807) is 12.5 Å². The van der Waals surface area contributed by atoms with Gasteiger partial charge >= 0.3 is 0 Å². The lowest BCUT2D eigenvalue weighted by atomic mass is 10.0.